The predicted molar refractivity (Wildman–Crippen MR) is 79.3 cm³/mol. The molecule has 21 heavy (non-hydrogen) atoms. The van der Waals surface area contributed by atoms with Crippen molar-refractivity contribution >= 4 is 17.5 Å². The zero-order chi connectivity index (χ0) is 14.8. The number of likely N-dealkylation sites (tertiary alicyclic amines) is 1. The highest BCUT2D eigenvalue weighted by molar-refractivity contribution is 5.74. The first-order valence-electron chi connectivity index (χ1n) is 6.91. The highest BCUT2D eigenvalue weighted by Crippen LogP contribution is 2.27. The Hall–Kier alpha value is -2.50. The SMILES string of the molecule is CC(=O)N1CC(c2cc(Nc3ccccn3)nc(C)n2)C1. The fourth-order valence-corrected chi connectivity index (χ4v) is 2.35. The van der Waals surface area contributed by atoms with Gasteiger partial charge in [0.1, 0.15) is 17.5 Å². The van der Waals surface area contributed by atoms with Crippen molar-refractivity contribution in [1.29, 1.82) is 0 Å². The summed E-state index contributed by atoms with van der Waals surface area (Å²) in [5.74, 6) is 2.61. The Morgan fingerprint density at radius 2 is 2.10 bits per heavy atom. The van der Waals surface area contributed by atoms with Crippen LogP contribution in [0, 0.1) is 6.92 Å². The summed E-state index contributed by atoms with van der Waals surface area (Å²) in [5.41, 5.74) is 0.971. The zero-order valence-corrected chi connectivity index (χ0v) is 12.1. The fourth-order valence-electron chi connectivity index (χ4n) is 2.35. The minimum absolute atomic E-state index is 0.115. The second kappa shape index (κ2) is 5.47. The average molecular weight is 283 g/mol. The minimum Gasteiger partial charge on any atom is -0.341 e. The van der Waals surface area contributed by atoms with Crippen molar-refractivity contribution in [1.82, 2.24) is 19.9 Å². The minimum atomic E-state index is 0.115. The molecule has 0 aromatic carbocycles. The molecule has 0 saturated carbocycles. The van der Waals surface area contributed by atoms with Crippen LogP contribution in [0.25, 0.3) is 0 Å². The molecule has 2 aromatic rings. The molecule has 2 aromatic heterocycles. The standard InChI is InChI=1S/C15H17N5O/c1-10-17-13(12-8-20(9-12)11(2)21)7-15(18-10)19-14-5-3-4-6-16-14/h3-7,12H,8-9H2,1-2H3,(H,16,17,18,19). The van der Waals surface area contributed by atoms with Crippen molar-refractivity contribution in [2.75, 3.05) is 18.4 Å². The van der Waals surface area contributed by atoms with Gasteiger partial charge in [-0.15, -0.1) is 0 Å². The first-order chi connectivity index (χ1) is 10.1. The van der Waals surface area contributed by atoms with Gasteiger partial charge in [0.05, 0.1) is 5.69 Å². The van der Waals surface area contributed by atoms with Gasteiger partial charge in [0.2, 0.25) is 5.91 Å². The van der Waals surface area contributed by atoms with Crippen LogP contribution >= 0.6 is 0 Å². The van der Waals surface area contributed by atoms with Gasteiger partial charge < -0.3 is 10.2 Å². The third-order valence-corrected chi connectivity index (χ3v) is 3.52. The summed E-state index contributed by atoms with van der Waals surface area (Å²) in [6.07, 6.45) is 1.73. The monoisotopic (exact) mass is 283 g/mol. The second-order valence-electron chi connectivity index (χ2n) is 5.19. The Balaban J connectivity index is 1.76. The van der Waals surface area contributed by atoms with Gasteiger partial charge in [0.15, 0.2) is 0 Å². The number of nitrogens with zero attached hydrogens (tertiary/aromatic N) is 4. The third kappa shape index (κ3) is 2.99. The van der Waals surface area contributed by atoms with Gasteiger partial charge in [-0.25, -0.2) is 15.0 Å². The molecule has 0 bridgehead atoms. The Kier molecular flexibility index (Phi) is 3.51. The lowest BCUT2D eigenvalue weighted by Gasteiger charge is -2.38. The van der Waals surface area contributed by atoms with E-state index in [1.807, 2.05) is 36.1 Å². The lowest BCUT2D eigenvalue weighted by molar-refractivity contribution is -0.133. The first kappa shape index (κ1) is 13.5. The highest BCUT2D eigenvalue weighted by Gasteiger charge is 2.31. The normalized spacial score (nSPS) is 14.7. The highest BCUT2D eigenvalue weighted by atomic mass is 16.2. The Morgan fingerprint density at radius 3 is 2.76 bits per heavy atom. The molecular formula is C15H17N5O. The molecular weight excluding hydrogens is 266 g/mol. The van der Waals surface area contributed by atoms with Crippen molar-refractivity contribution in [2.45, 2.75) is 19.8 Å². The predicted octanol–water partition coefficient (Wildman–Crippen LogP) is 1.87. The van der Waals surface area contributed by atoms with Gasteiger partial charge in [0, 0.05) is 38.2 Å². The largest absolute Gasteiger partial charge is 0.341 e. The van der Waals surface area contributed by atoms with Crippen LogP contribution in [0.1, 0.15) is 24.4 Å². The van der Waals surface area contributed by atoms with E-state index in [1.54, 1.807) is 13.1 Å². The van der Waals surface area contributed by atoms with Crippen LogP contribution in [-0.2, 0) is 4.79 Å². The van der Waals surface area contributed by atoms with E-state index >= 15 is 0 Å². The summed E-state index contributed by atoms with van der Waals surface area (Å²) < 4.78 is 0. The molecule has 1 aliphatic rings. The Morgan fingerprint density at radius 1 is 1.29 bits per heavy atom. The number of anilines is 2. The molecule has 0 atom stereocenters. The van der Waals surface area contributed by atoms with Crippen LogP contribution in [0.5, 0.6) is 0 Å². The number of aromatic nitrogens is 3. The van der Waals surface area contributed by atoms with E-state index in [-0.39, 0.29) is 5.91 Å². The number of pyridine rings is 1. The van der Waals surface area contributed by atoms with Gasteiger partial charge in [-0.05, 0) is 19.1 Å². The molecule has 3 heterocycles. The van der Waals surface area contributed by atoms with Crippen molar-refractivity contribution in [2.24, 2.45) is 0 Å². The molecule has 0 radical (unpaired) electrons. The zero-order valence-electron chi connectivity index (χ0n) is 12.1. The summed E-state index contributed by atoms with van der Waals surface area (Å²) in [6, 6.07) is 7.61. The van der Waals surface area contributed by atoms with Gasteiger partial charge >= 0.3 is 0 Å². The molecule has 6 nitrogen and oxygen atoms in total. The van der Waals surface area contributed by atoms with Gasteiger partial charge in [-0.3, -0.25) is 4.79 Å². The molecule has 1 aliphatic heterocycles. The topological polar surface area (TPSA) is 71.0 Å². The Labute approximate surface area is 123 Å². The van der Waals surface area contributed by atoms with E-state index in [0.29, 0.717) is 11.7 Å². The molecule has 0 aliphatic carbocycles. The molecule has 1 amide bonds. The number of nitrogens with one attached hydrogen (secondary N) is 1. The average Bonchev–Trinajstić information content (AvgIpc) is 2.37. The van der Waals surface area contributed by atoms with Crippen molar-refractivity contribution in [3.8, 4) is 0 Å². The van der Waals surface area contributed by atoms with Gasteiger partial charge in [0.25, 0.3) is 0 Å². The van der Waals surface area contributed by atoms with Crippen molar-refractivity contribution < 1.29 is 4.79 Å². The number of amides is 1. The van der Waals surface area contributed by atoms with E-state index in [1.165, 1.54) is 0 Å². The van der Waals surface area contributed by atoms with E-state index in [9.17, 15) is 4.79 Å². The van der Waals surface area contributed by atoms with Crippen LogP contribution in [0.15, 0.2) is 30.5 Å². The second-order valence-corrected chi connectivity index (χ2v) is 5.19. The van der Waals surface area contributed by atoms with Crippen LogP contribution in [-0.4, -0.2) is 38.8 Å². The maximum atomic E-state index is 11.3. The first-order valence-corrected chi connectivity index (χ1v) is 6.91. The van der Waals surface area contributed by atoms with Crippen LogP contribution in [0.4, 0.5) is 11.6 Å². The molecule has 0 unspecified atom stereocenters. The summed E-state index contributed by atoms with van der Waals surface area (Å²) >= 11 is 0. The number of aryl methyl sites for hydroxylation is 1. The number of carbonyl (C=O) groups excluding carboxylic acids is 1. The van der Waals surface area contributed by atoms with Crippen LogP contribution in [0.2, 0.25) is 0 Å². The quantitative estimate of drug-likeness (QED) is 0.931. The molecule has 1 N–H and O–H groups in total. The Bertz CT molecular complexity index is 652. The lowest BCUT2D eigenvalue weighted by Crippen LogP contribution is -2.47. The molecule has 0 spiro atoms. The van der Waals surface area contributed by atoms with Gasteiger partial charge in [-0.1, -0.05) is 6.07 Å². The van der Waals surface area contributed by atoms with Crippen LogP contribution in [0.3, 0.4) is 0 Å². The van der Waals surface area contributed by atoms with E-state index < -0.39 is 0 Å². The number of rotatable bonds is 3. The summed E-state index contributed by atoms with van der Waals surface area (Å²) in [6.45, 7) is 4.92. The van der Waals surface area contributed by atoms with E-state index in [4.69, 9.17) is 0 Å². The third-order valence-electron chi connectivity index (χ3n) is 3.52. The van der Waals surface area contributed by atoms with Crippen molar-refractivity contribution in [3.63, 3.8) is 0 Å². The van der Waals surface area contributed by atoms with Crippen LogP contribution < -0.4 is 5.32 Å². The number of hydrogen-bond donors (Lipinski definition) is 1. The maximum absolute atomic E-state index is 11.3. The summed E-state index contributed by atoms with van der Waals surface area (Å²) in [5, 5.41) is 3.18. The number of carbonyl (C=O) groups is 1. The number of hydrogen-bond acceptors (Lipinski definition) is 5. The lowest BCUT2D eigenvalue weighted by atomic mass is 9.96. The van der Waals surface area contributed by atoms with Gasteiger partial charge in [-0.2, -0.15) is 0 Å². The molecule has 6 heteroatoms. The maximum Gasteiger partial charge on any atom is 0.219 e. The summed E-state index contributed by atoms with van der Waals surface area (Å²) in [4.78, 5) is 26.2. The molecule has 3 rings (SSSR count). The molecule has 1 fully saturated rings. The molecule has 1 saturated heterocycles. The van der Waals surface area contributed by atoms with Crippen molar-refractivity contribution in [3.05, 3.63) is 42.0 Å². The van der Waals surface area contributed by atoms with E-state index in [0.717, 1.165) is 30.4 Å². The summed E-state index contributed by atoms with van der Waals surface area (Å²) in [7, 11) is 0. The van der Waals surface area contributed by atoms with E-state index in [2.05, 4.69) is 20.3 Å². The molecule has 108 valence electrons. The smallest absolute Gasteiger partial charge is 0.219 e. The fraction of sp³-hybridized carbons (Fsp3) is 0.333.